The molecular formula is C28H47BN4O7S. The molecule has 41 heavy (non-hydrogen) atoms. The van der Waals surface area contributed by atoms with E-state index in [4.69, 9.17) is 14.0 Å². The predicted molar refractivity (Wildman–Crippen MR) is 156 cm³/mol. The molecule has 0 spiro atoms. The standard InChI is InChI=1S/C28H47BN4O7S/c1-19(2)22(32-25(35)38-26(3,4)5)23(34)33-15-11-10-13-21(33)14-12-16-41(36,37)24-30-17-20(18-31-24)29-39-27(6,7)28(8,9)40-29/h17-19,21-22H,10-16H2,1-9H3,(H,32,35)/t21-,22-/m0/s1. The first-order valence-electron chi connectivity index (χ1n) is 14.5. The van der Waals surface area contributed by atoms with E-state index in [-0.39, 0.29) is 28.8 Å². The molecule has 0 unspecified atom stereocenters. The van der Waals surface area contributed by atoms with Gasteiger partial charge in [-0.05, 0) is 86.5 Å². The minimum absolute atomic E-state index is 0.111. The first-order valence-corrected chi connectivity index (χ1v) is 16.2. The molecule has 0 radical (unpaired) electrons. The van der Waals surface area contributed by atoms with Crippen molar-refractivity contribution in [1.82, 2.24) is 20.2 Å². The summed E-state index contributed by atoms with van der Waals surface area (Å²) in [5.74, 6) is -0.444. The molecule has 2 saturated heterocycles. The molecule has 2 amide bonds. The SMILES string of the molecule is CC(C)[C@H](NC(=O)OC(C)(C)C)C(=O)N1CCCC[C@H]1CCCS(=O)(=O)c1ncc(B2OC(C)(C)C(C)(C)O2)cn1. The van der Waals surface area contributed by atoms with Gasteiger partial charge in [-0.15, -0.1) is 0 Å². The molecule has 3 rings (SSSR count). The lowest BCUT2D eigenvalue weighted by Crippen LogP contribution is -2.55. The molecule has 2 atom stereocenters. The van der Waals surface area contributed by atoms with Crippen molar-refractivity contribution in [1.29, 1.82) is 0 Å². The van der Waals surface area contributed by atoms with Crippen LogP contribution in [0.15, 0.2) is 17.6 Å². The molecule has 2 fully saturated rings. The second kappa shape index (κ2) is 12.5. The van der Waals surface area contributed by atoms with Crippen molar-refractivity contribution in [2.45, 2.75) is 128 Å². The maximum absolute atomic E-state index is 13.6. The van der Waals surface area contributed by atoms with Crippen LogP contribution in [-0.2, 0) is 28.7 Å². The Labute approximate surface area is 245 Å². The van der Waals surface area contributed by atoms with Crippen molar-refractivity contribution >= 4 is 34.4 Å². The molecule has 13 heteroatoms. The van der Waals surface area contributed by atoms with Crippen LogP contribution in [0.1, 0.15) is 94.4 Å². The van der Waals surface area contributed by atoms with Gasteiger partial charge in [0.2, 0.25) is 20.9 Å². The van der Waals surface area contributed by atoms with E-state index < -0.39 is 45.9 Å². The zero-order valence-electron chi connectivity index (χ0n) is 26.0. The number of nitrogens with zero attached hydrogens (tertiary/aromatic N) is 3. The minimum Gasteiger partial charge on any atom is -0.444 e. The van der Waals surface area contributed by atoms with Crippen molar-refractivity contribution in [3.8, 4) is 0 Å². The highest BCUT2D eigenvalue weighted by Gasteiger charge is 2.52. The van der Waals surface area contributed by atoms with Crippen molar-refractivity contribution in [3.05, 3.63) is 12.4 Å². The Bertz CT molecular complexity index is 1170. The molecule has 2 aliphatic rings. The van der Waals surface area contributed by atoms with Gasteiger partial charge >= 0.3 is 13.2 Å². The van der Waals surface area contributed by atoms with E-state index in [2.05, 4.69) is 15.3 Å². The molecule has 2 aliphatic heterocycles. The molecule has 0 aromatic carbocycles. The first-order chi connectivity index (χ1) is 18.8. The number of hydrogen-bond donors (Lipinski definition) is 1. The van der Waals surface area contributed by atoms with E-state index in [1.54, 1.807) is 25.7 Å². The summed E-state index contributed by atoms with van der Waals surface area (Å²) >= 11 is 0. The topological polar surface area (TPSA) is 137 Å². The van der Waals surface area contributed by atoms with Crippen LogP contribution in [-0.4, -0.2) is 83.6 Å². The van der Waals surface area contributed by atoms with Gasteiger partial charge < -0.3 is 24.3 Å². The number of ether oxygens (including phenoxy) is 1. The van der Waals surface area contributed by atoms with Crippen molar-refractivity contribution in [2.24, 2.45) is 5.92 Å². The Morgan fingerprint density at radius 3 is 2.24 bits per heavy atom. The summed E-state index contributed by atoms with van der Waals surface area (Å²) in [7, 11) is -4.40. The van der Waals surface area contributed by atoms with Crippen molar-refractivity contribution in [2.75, 3.05) is 12.3 Å². The average molecular weight is 595 g/mol. The highest BCUT2D eigenvalue weighted by atomic mass is 32.2. The summed E-state index contributed by atoms with van der Waals surface area (Å²) in [6.07, 6.45) is 5.72. The summed E-state index contributed by atoms with van der Waals surface area (Å²) in [5, 5.41) is 2.50. The average Bonchev–Trinajstić information content (AvgIpc) is 3.07. The Hall–Kier alpha value is -2.25. The van der Waals surface area contributed by atoms with E-state index in [0.29, 0.717) is 24.8 Å². The number of carbonyl (C=O) groups excluding carboxylic acids is 2. The van der Waals surface area contributed by atoms with Crippen LogP contribution in [0.2, 0.25) is 0 Å². The van der Waals surface area contributed by atoms with E-state index in [9.17, 15) is 18.0 Å². The number of alkyl carbamates (subject to hydrolysis) is 1. The minimum atomic E-state index is -3.73. The first kappa shape index (κ1) is 33.3. The Morgan fingerprint density at radius 2 is 1.71 bits per heavy atom. The monoisotopic (exact) mass is 594 g/mol. The molecular weight excluding hydrogens is 547 g/mol. The van der Waals surface area contributed by atoms with Gasteiger partial charge in [0.25, 0.3) is 0 Å². The molecule has 3 heterocycles. The Morgan fingerprint density at radius 1 is 1.12 bits per heavy atom. The van der Waals surface area contributed by atoms with Crippen molar-refractivity contribution in [3.63, 3.8) is 0 Å². The van der Waals surface area contributed by atoms with Gasteiger partial charge in [0.15, 0.2) is 0 Å². The molecule has 0 saturated carbocycles. The third-order valence-electron chi connectivity index (χ3n) is 7.92. The zero-order valence-corrected chi connectivity index (χ0v) is 26.8. The molecule has 0 aliphatic carbocycles. The maximum atomic E-state index is 13.6. The molecule has 1 aromatic heterocycles. The van der Waals surface area contributed by atoms with Crippen LogP contribution in [0, 0.1) is 5.92 Å². The quantitative estimate of drug-likeness (QED) is 0.337. The summed E-state index contributed by atoms with van der Waals surface area (Å²) in [4.78, 5) is 36.0. The highest BCUT2D eigenvalue weighted by molar-refractivity contribution is 7.91. The fourth-order valence-corrected chi connectivity index (χ4v) is 6.06. The van der Waals surface area contributed by atoms with Gasteiger partial charge in [0, 0.05) is 30.4 Å². The van der Waals surface area contributed by atoms with Gasteiger partial charge in [-0.3, -0.25) is 4.79 Å². The molecule has 0 bridgehead atoms. The molecule has 1 N–H and O–H groups in total. The highest BCUT2D eigenvalue weighted by Crippen LogP contribution is 2.36. The number of rotatable bonds is 9. The number of amides is 2. The van der Waals surface area contributed by atoms with Crippen molar-refractivity contribution < 1.29 is 32.1 Å². The third-order valence-corrected chi connectivity index (χ3v) is 9.51. The summed E-state index contributed by atoms with van der Waals surface area (Å²) in [6.45, 7) is 17.4. The van der Waals surface area contributed by atoms with Crippen LogP contribution >= 0.6 is 0 Å². The lowest BCUT2D eigenvalue weighted by molar-refractivity contribution is -0.138. The number of hydrogen-bond acceptors (Lipinski definition) is 9. The van der Waals surface area contributed by atoms with Crippen LogP contribution in [0.4, 0.5) is 4.79 Å². The molecule has 230 valence electrons. The lowest BCUT2D eigenvalue weighted by Gasteiger charge is -2.39. The normalized spacial score (nSPS) is 21.6. The smallest absolute Gasteiger partial charge is 0.444 e. The van der Waals surface area contributed by atoms with Crippen LogP contribution < -0.4 is 10.8 Å². The predicted octanol–water partition coefficient (Wildman–Crippen LogP) is 3.26. The third kappa shape index (κ3) is 8.41. The molecule has 1 aromatic rings. The van der Waals surface area contributed by atoms with E-state index in [1.165, 1.54) is 12.4 Å². The number of aromatic nitrogens is 2. The largest absolute Gasteiger partial charge is 0.498 e. The van der Waals surface area contributed by atoms with E-state index in [0.717, 1.165) is 19.3 Å². The van der Waals surface area contributed by atoms with Gasteiger partial charge in [-0.25, -0.2) is 23.2 Å². The molecule has 11 nitrogen and oxygen atoms in total. The van der Waals surface area contributed by atoms with Crippen LogP contribution in [0.3, 0.4) is 0 Å². The number of piperidine rings is 1. The zero-order chi connectivity index (χ0) is 30.8. The van der Waals surface area contributed by atoms with Gasteiger partial charge in [0.05, 0.1) is 17.0 Å². The Balaban J connectivity index is 1.61. The second-order valence-electron chi connectivity index (χ2n) is 13.4. The lowest BCUT2D eigenvalue weighted by atomic mass is 9.81. The summed E-state index contributed by atoms with van der Waals surface area (Å²) in [6, 6.07) is -0.843. The van der Waals surface area contributed by atoms with Crippen LogP contribution in [0.5, 0.6) is 0 Å². The summed E-state index contributed by atoms with van der Waals surface area (Å²) < 4.78 is 43.4. The van der Waals surface area contributed by atoms with Crippen LogP contribution in [0.25, 0.3) is 0 Å². The second-order valence-corrected chi connectivity index (χ2v) is 15.4. The fraction of sp³-hybridized carbons (Fsp3) is 0.786. The fourth-order valence-electron chi connectivity index (χ4n) is 4.91. The number of sulfone groups is 1. The van der Waals surface area contributed by atoms with E-state index in [1.807, 2.05) is 41.5 Å². The number of likely N-dealkylation sites (tertiary alicyclic amines) is 1. The van der Waals surface area contributed by atoms with E-state index >= 15 is 0 Å². The van der Waals surface area contributed by atoms with Gasteiger partial charge in [-0.1, -0.05) is 13.8 Å². The summed E-state index contributed by atoms with van der Waals surface area (Å²) in [5.41, 5.74) is -1.18. The number of carbonyl (C=O) groups is 2. The maximum Gasteiger partial charge on any atom is 0.498 e. The van der Waals surface area contributed by atoms with Gasteiger partial charge in [0.1, 0.15) is 11.6 Å². The Kier molecular flexibility index (Phi) is 10.2. The number of nitrogens with one attached hydrogen (secondary N) is 1. The van der Waals surface area contributed by atoms with Gasteiger partial charge in [-0.2, -0.15) is 0 Å².